The van der Waals surface area contributed by atoms with Gasteiger partial charge >= 0.3 is 0 Å². The Morgan fingerprint density at radius 2 is 2.30 bits per heavy atom. The highest BCUT2D eigenvalue weighted by Gasteiger charge is 2.29. The first-order valence-corrected chi connectivity index (χ1v) is 7.06. The Kier molecular flexibility index (Phi) is 5.23. The normalized spacial score (nSPS) is 14.6. The number of ether oxygens (including phenoxy) is 1. The van der Waals surface area contributed by atoms with Gasteiger partial charge in [0.05, 0.1) is 23.9 Å². The van der Waals surface area contributed by atoms with Gasteiger partial charge in [0.25, 0.3) is 0 Å². The molecule has 0 atom stereocenters. The maximum atomic E-state index is 12.1. The summed E-state index contributed by atoms with van der Waals surface area (Å²) in [5.41, 5.74) is 6.79. The third kappa shape index (κ3) is 4.37. The lowest BCUT2D eigenvalue weighted by molar-refractivity contribution is -0.117. The molecule has 1 aliphatic rings. The Morgan fingerprint density at radius 1 is 1.55 bits per heavy atom. The number of carbonyl (C=O) groups excluding carboxylic acids is 1. The number of anilines is 2. The van der Waals surface area contributed by atoms with Gasteiger partial charge in [-0.25, -0.2) is 0 Å². The lowest BCUT2D eigenvalue weighted by Crippen LogP contribution is -2.37. The van der Waals surface area contributed by atoms with Crippen LogP contribution in [0.15, 0.2) is 18.2 Å². The number of nitrogens with one attached hydrogen (secondary N) is 1. The van der Waals surface area contributed by atoms with E-state index >= 15 is 0 Å². The molecule has 1 saturated carbocycles. The quantitative estimate of drug-likeness (QED) is 0.755. The van der Waals surface area contributed by atoms with Crippen LogP contribution in [0.4, 0.5) is 11.4 Å². The standard InChI is InChI=1S/C14H20ClN3O2/c1-20-7-6-18(11-3-4-11)9-14(19)17-13-5-2-10(16)8-12(13)15/h2,5,8,11H,3-4,6-7,9,16H2,1H3,(H,17,19). The van der Waals surface area contributed by atoms with Crippen molar-refractivity contribution in [3.05, 3.63) is 23.2 Å². The third-order valence-electron chi connectivity index (χ3n) is 3.26. The van der Waals surface area contributed by atoms with Crippen molar-refractivity contribution in [2.75, 3.05) is 37.9 Å². The minimum Gasteiger partial charge on any atom is -0.399 e. The van der Waals surface area contributed by atoms with Crippen LogP contribution in [-0.4, -0.2) is 43.7 Å². The molecule has 0 saturated heterocycles. The van der Waals surface area contributed by atoms with Crippen molar-refractivity contribution >= 4 is 28.9 Å². The average molecular weight is 298 g/mol. The van der Waals surface area contributed by atoms with Gasteiger partial charge in [0, 0.05) is 25.4 Å². The van der Waals surface area contributed by atoms with Crippen molar-refractivity contribution in [3.63, 3.8) is 0 Å². The molecule has 0 radical (unpaired) electrons. The summed E-state index contributed by atoms with van der Waals surface area (Å²) in [6.45, 7) is 1.76. The largest absolute Gasteiger partial charge is 0.399 e. The molecule has 5 nitrogen and oxygen atoms in total. The van der Waals surface area contributed by atoms with Crippen molar-refractivity contribution in [1.82, 2.24) is 4.90 Å². The maximum absolute atomic E-state index is 12.1. The number of nitrogens with two attached hydrogens (primary N) is 1. The van der Waals surface area contributed by atoms with Crippen LogP contribution < -0.4 is 11.1 Å². The molecule has 6 heteroatoms. The lowest BCUT2D eigenvalue weighted by Gasteiger charge is -2.21. The summed E-state index contributed by atoms with van der Waals surface area (Å²) in [5.74, 6) is -0.0697. The SMILES string of the molecule is COCCN(CC(=O)Nc1ccc(N)cc1Cl)C1CC1. The molecule has 1 aromatic rings. The number of hydrogen-bond acceptors (Lipinski definition) is 4. The first kappa shape index (κ1) is 15.1. The van der Waals surface area contributed by atoms with E-state index in [4.69, 9.17) is 22.1 Å². The monoisotopic (exact) mass is 297 g/mol. The predicted molar refractivity (Wildman–Crippen MR) is 81.0 cm³/mol. The number of amides is 1. The van der Waals surface area contributed by atoms with Crippen LogP contribution in [0.2, 0.25) is 5.02 Å². The summed E-state index contributed by atoms with van der Waals surface area (Å²) >= 11 is 6.04. The van der Waals surface area contributed by atoms with E-state index in [1.165, 1.54) is 0 Å². The second kappa shape index (κ2) is 6.92. The van der Waals surface area contributed by atoms with Crippen molar-refractivity contribution < 1.29 is 9.53 Å². The zero-order valence-electron chi connectivity index (χ0n) is 11.6. The average Bonchev–Trinajstić information content (AvgIpc) is 3.22. The van der Waals surface area contributed by atoms with Crippen LogP contribution in [-0.2, 0) is 9.53 Å². The van der Waals surface area contributed by atoms with Crippen LogP contribution in [0, 0.1) is 0 Å². The molecule has 1 fully saturated rings. The summed E-state index contributed by atoms with van der Waals surface area (Å²) in [6.07, 6.45) is 2.30. The summed E-state index contributed by atoms with van der Waals surface area (Å²) in [4.78, 5) is 14.2. The van der Waals surface area contributed by atoms with E-state index in [9.17, 15) is 4.79 Å². The number of carbonyl (C=O) groups is 1. The molecule has 3 N–H and O–H groups in total. The van der Waals surface area contributed by atoms with E-state index in [0.717, 1.165) is 19.4 Å². The third-order valence-corrected chi connectivity index (χ3v) is 3.57. The van der Waals surface area contributed by atoms with Gasteiger partial charge in [-0.1, -0.05) is 11.6 Å². The smallest absolute Gasteiger partial charge is 0.238 e. The van der Waals surface area contributed by atoms with Gasteiger partial charge in [-0.05, 0) is 31.0 Å². The fraction of sp³-hybridized carbons (Fsp3) is 0.500. The molecular weight excluding hydrogens is 278 g/mol. The van der Waals surface area contributed by atoms with Crippen LogP contribution in [0.1, 0.15) is 12.8 Å². The maximum Gasteiger partial charge on any atom is 0.238 e. The van der Waals surface area contributed by atoms with Crippen molar-refractivity contribution in [2.45, 2.75) is 18.9 Å². The van der Waals surface area contributed by atoms with Crippen molar-refractivity contribution in [2.24, 2.45) is 0 Å². The first-order chi connectivity index (χ1) is 9.60. The second-order valence-corrected chi connectivity index (χ2v) is 5.39. The molecule has 1 amide bonds. The van der Waals surface area contributed by atoms with E-state index in [-0.39, 0.29) is 5.91 Å². The van der Waals surface area contributed by atoms with E-state index < -0.39 is 0 Å². The number of rotatable bonds is 7. The molecule has 1 aromatic carbocycles. The molecular formula is C14H20ClN3O2. The Hall–Kier alpha value is -1.30. The highest BCUT2D eigenvalue weighted by molar-refractivity contribution is 6.34. The fourth-order valence-electron chi connectivity index (χ4n) is 2.05. The molecule has 110 valence electrons. The Labute approximate surface area is 124 Å². The number of halogens is 1. The first-order valence-electron chi connectivity index (χ1n) is 6.68. The molecule has 0 spiro atoms. The van der Waals surface area contributed by atoms with Crippen molar-refractivity contribution in [1.29, 1.82) is 0 Å². The minimum absolute atomic E-state index is 0.0697. The number of methoxy groups -OCH3 is 1. The Balaban J connectivity index is 1.90. The van der Waals surface area contributed by atoms with E-state index in [2.05, 4.69) is 10.2 Å². The van der Waals surface area contributed by atoms with Gasteiger partial charge in [0.1, 0.15) is 0 Å². The van der Waals surface area contributed by atoms with Crippen LogP contribution in [0.25, 0.3) is 0 Å². The van der Waals surface area contributed by atoms with Crippen LogP contribution in [0.3, 0.4) is 0 Å². The van der Waals surface area contributed by atoms with Crippen LogP contribution >= 0.6 is 11.6 Å². The summed E-state index contributed by atoms with van der Waals surface area (Å²) in [7, 11) is 1.67. The van der Waals surface area contributed by atoms with E-state index in [1.807, 2.05) is 0 Å². The van der Waals surface area contributed by atoms with E-state index in [1.54, 1.807) is 25.3 Å². The number of nitrogens with zero attached hydrogens (tertiary/aromatic N) is 1. The number of benzene rings is 1. The van der Waals surface area contributed by atoms with Gasteiger partial charge < -0.3 is 15.8 Å². The molecule has 2 rings (SSSR count). The number of nitrogen functional groups attached to an aromatic ring is 1. The van der Waals surface area contributed by atoms with Gasteiger partial charge in [-0.3, -0.25) is 9.69 Å². The van der Waals surface area contributed by atoms with E-state index in [0.29, 0.717) is 35.6 Å². The van der Waals surface area contributed by atoms with Gasteiger partial charge in [-0.15, -0.1) is 0 Å². The fourth-order valence-corrected chi connectivity index (χ4v) is 2.28. The van der Waals surface area contributed by atoms with Gasteiger partial charge in [-0.2, -0.15) is 0 Å². The van der Waals surface area contributed by atoms with Crippen molar-refractivity contribution in [3.8, 4) is 0 Å². The predicted octanol–water partition coefficient (Wildman–Crippen LogP) is 1.97. The zero-order valence-corrected chi connectivity index (χ0v) is 12.3. The highest BCUT2D eigenvalue weighted by atomic mass is 35.5. The second-order valence-electron chi connectivity index (χ2n) is 4.98. The molecule has 0 bridgehead atoms. The molecule has 1 aliphatic carbocycles. The summed E-state index contributed by atoms with van der Waals surface area (Å²) < 4.78 is 5.07. The zero-order chi connectivity index (χ0) is 14.5. The van der Waals surface area contributed by atoms with Crippen LogP contribution in [0.5, 0.6) is 0 Å². The van der Waals surface area contributed by atoms with Gasteiger partial charge in [0.2, 0.25) is 5.91 Å². The Morgan fingerprint density at radius 3 is 2.90 bits per heavy atom. The summed E-state index contributed by atoms with van der Waals surface area (Å²) in [5, 5.41) is 3.27. The minimum atomic E-state index is -0.0697. The summed E-state index contributed by atoms with van der Waals surface area (Å²) in [6, 6.07) is 5.57. The molecule has 0 aliphatic heterocycles. The highest BCUT2D eigenvalue weighted by Crippen LogP contribution is 2.27. The number of hydrogen-bond donors (Lipinski definition) is 2. The molecule has 20 heavy (non-hydrogen) atoms. The lowest BCUT2D eigenvalue weighted by atomic mass is 10.3. The molecule has 0 heterocycles. The topological polar surface area (TPSA) is 67.6 Å². The van der Waals surface area contributed by atoms with Gasteiger partial charge in [0.15, 0.2) is 0 Å². The molecule has 0 unspecified atom stereocenters. The molecule has 0 aromatic heterocycles. The Bertz CT molecular complexity index is 477.